The molecule has 25 heavy (non-hydrogen) atoms. The Morgan fingerprint density at radius 2 is 1.96 bits per heavy atom. The van der Waals surface area contributed by atoms with E-state index in [1.165, 1.54) is 12.1 Å². The number of hydrogen-bond acceptors (Lipinski definition) is 5. The van der Waals surface area contributed by atoms with Crippen molar-refractivity contribution < 1.29 is 27.9 Å². The number of hydrogen-bond donors (Lipinski definition) is 3. The minimum atomic E-state index is -2.72. The summed E-state index contributed by atoms with van der Waals surface area (Å²) >= 11 is 0. The molecule has 0 radical (unpaired) electrons. The highest BCUT2D eigenvalue weighted by Crippen LogP contribution is 2.19. The van der Waals surface area contributed by atoms with Crippen LogP contribution < -0.4 is 21.3 Å². The van der Waals surface area contributed by atoms with Gasteiger partial charge in [-0.05, 0) is 24.3 Å². The first kappa shape index (κ1) is 18.7. The van der Waals surface area contributed by atoms with Gasteiger partial charge in [-0.25, -0.2) is 8.78 Å². The van der Waals surface area contributed by atoms with E-state index in [0.29, 0.717) is 24.5 Å². The van der Waals surface area contributed by atoms with Crippen molar-refractivity contribution in [3.8, 4) is 0 Å². The van der Waals surface area contributed by atoms with Crippen LogP contribution in [0, 0.1) is 0 Å². The highest BCUT2D eigenvalue weighted by molar-refractivity contribution is 6.09. The van der Waals surface area contributed by atoms with Gasteiger partial charge in [0.05, 0.1) is 13.2 Å². The average molecular weight is 356 g/mol. The summed E-state index contributed by atoms with van der Waals surface area (Å²) in [7, 11) is 0. The highest BCUT2D eigenvalue weighted by atomic mass is 19.3. The predicted molar refractivity (Wildman–Crippen MR) is 85.2 cm³/mol. The number of carbonyl (C=O) groups is 3. The van der Waals surface area contributed by atoms with Gasteiger partial charge in [0.15, 0.2) is 6.04 Å². The van der Waals surface area contributed by atoms with Crippen LogP contribution in [0.4, 0.5) is 20.2 Å². The van der Waals surface area contributed by atoms with Gasteiger partial charge in [-0.3, -0.25) is 19.7 Å². The van der Waals surface area contributed by atoms with Gasteiger partial charge in [0, 0.05) is 17.9 Å². The molecule has 1 saturated heterocycles. The fourth-order valence-corrected chi connectivity index (χ4v) is 2.26. The fourth-order valence-electron chi connectivity index (χ4n) is 2.26. The lowest BCUT2D eigenvalue weighted by atomic mass is 10.2. The van der Waals surface area contributed by atoms with Crippen LogP contribution in [0.15, 0.2) is 24.3 Å². The molecule has 10 heteroatoms. The summed E-state index contributed by atoms with van der Waals surface area (Å²) in [5.74, 6) is -2.08. The van der Waals surface area contributed by atoms with E-state index < -0.39 is 30.8 Å². The molecule has 1 aliphatic heterocycles. The third-order valence-electron chi connectivity index (χ3n) is 3.46. The van der Waals surface area contributed by atoms with Crippen molar-refractivity contribution in [3.63, 3.8) is 0 Å². The smallest absolute Gasteiger partial charge is 0.253 e. The predicted octanol–water partition coefficient (Wildman–Crippen LogP) is -0.303. The number of primary amides is 1. The molecule has 0 aromatic heterocycles. The maximum Gasteiger partial charge on any atom is 0.253 e. The molecule has 2 rings (SSSR count). The van der Waals surface area contributed by atoms with E-state index in [1.807, 2.05) is 0 Å². The zero-order valence-corrected chi connectivity index (χ0v) is 13.2. The van der Waals surface area contributed by atoms with Gasteiger partial charge in [0.25, 0.3) is 18.2 Å². The molecule has 0 bridgehead atoms. The monoisotopic (exact) mass is 356 g/mol. The Bertz CT molecular complexity index is 639. The van der Waals surface area contributed by atoms with E-state index in [1.54, 1.807) is 17.0 Å². The molecule has 1 aromatic rings. The van der Waals surface area contributed by atoms with Crippen LogP contribution in [-0.2, 0) is 19.1 Å². The Morgan fingerprint density at radius 1 is 1.28 bits per heavy atom. The van der Waals surface area contributed by atoms with Crippen molar-refractivity contribution in [2.75, 3.05) is 36.5 Å². The SMILES string of the molecule is NC(=O)[C@@H](NCC(F)F)C(=O)Nc1ccc(N2CCOCC2=O)cc1. The Hall–Kier alpha value is -2.59. The number of halogens is 2. The van der Waals surface area contributed by atoms with E-state index in [0.717, 1.165) is 0 Å². The zero-order chi connectivity index (χ0) is 18.4. The van der Waals surface area contributed by atoms with E-state index in [2.05, 4.69) is 10.6 Å². The number of carbonyl (C=O) groups excluding carboxylic acids is 3. The lowest BCUT2D eigenvalue weighted by molar-refractivity contribution is -0.128. The lowest BCUT2D eigenvalue weighted by Gasteiger charge is -2.27. The van der Waals surface area contributed by atoms with Gasteiger partial charge in [-0.1, -0.05) is 0 Å². The van der Waals surface area contributed by atoms with E-state index in [-0.39, 0.29) is 12.5 Å². The number of anilines is 2. The number of nitrogens with two attached hydrogens (primary N) is 1. The summed E-state index contributed by atoms with van der Waals surface area (Å²) in [6, 6.07) is 4.71. The molecule has 0 saturated carbocycles. The maximum absolute atomic E-state index is 12.2. The Morgan fingerprint density at radius 3 is 2.52 bits per heavy atom. The van der Waals surface area contributed by atoms with Crippen LogP contribution in [0.1, 0.15) is 0 Å². The molecule has 1 atom stereocenters. The van der Waals surface area contributed by atoms with Gasteiger partial charge < -0.3 is 20.7 Å². The minimum Gasteiger partial charge on any atom is -0.370 e. The maximum atomic E-state index is 12.2. The molecule has 8 nitrogen and oxygen atoms in total. The second-order valence-electron chi connectivity index (χ2n) is 5.27. The number of amides is 3. The molecule has 0 unspecified atom stereocenters. The van der Waals surface area contributed by atoms with Gasteiger partial charge in [-0.15, -0.1) is 0 Å². The molecule has 1 aliphatic rings. The fraction of sp³-hybridized carbons (Fsp3) is 0.400. The van der Waals surface area contributed by atoms with Crippen molar-refractivity contribution in [2.24, 2.45) is 5.73 Å². The number of morpholine rings is 1. The molecule has 3 amide bonds. The Labute approximate surface area is 142 Å². The number of benzene rings is 1. The molecular formula is C15H18F2N4O4. The molecule has 1 heterocycles. The quantitative estimate of drug-likeness (QED) is 0.581. The molecular weight excluding hydrogens is 338 g/mol. The minimum absolute atomic E-state index is 0.00852. The van der Waals surface area contributed by atoms with Crippen molar-refractivity contribution in [1.29, 1.82) is 0 Å². The van der Waals surface area contributed by atoms with Crippen molar-refractivity contribution in [3.05, 3.63) is 24.3 Å². The molecule has 136 valence electrons. The standard InChI is InChI=1S/C15H18F2N4O4/c16-11(17)7-19-13(14(18)23)15(24)20-9-1-3-10(4-2-9)21-5-6-25-8-12(21)22/h1-4,11,13,19H,5-8H2,(H2,18,23)(H,20,24)/t13-/m1/s1. The van der Waals surface area contributed by atoms with Gasteiger partial charge in [0.1, 0.15) is 6.61 Å². The summed E-state index contributed by atoms with van der Waals surface area (Å²) in [6.45, 7) is 0.0276. The number of rotatable bonds is 7. The first-order chi connectivity index (χ1) is 11.9. The second kappa shape index (κ2) is 8.49. The molecule has 4 N–H and O–H groups in total. The Balaban J connectivity index is 2.00. The second-order valence-corrected chi connectivity index (χ2v) is 5.27. The molecule has 0 spiro atoms. The van der Waals surface area contributed by atoms with Crippen molar-refractivity contribution in [2.45, 2.75) is 12.5 Å². The largest absolute Gasteiger partial charge is 0.370 e. The summed E-state index contributed by atoms with van der Waals surface area (Å²) in [5, 5.41) is 4.52. The van der Waals surface area contributed by atoms with Crippen molar-refractivity contribution >= 4 is 29.1 Å². The first-order valence-electron chi connectivity index (χ1n) is 7.48. The van der Waals surface area contributed by atoms with E-state index >= 15 is 0 Å². The van der Waals surface area contributed by atoms with E-state index in [9.17, 15) is 23.2 Å². The Kier molecular flexibility index (Phi) is 6.37. The van der Waals surface area contributed by atoms with Gasteiger partial charge >= 0.3 is 0 Å². The van der Waals surface area contributed by atoms with E-state index in [4.69, 9.17) is 10.5 Å². The number of ether oxygens (including phenoxy) is 1. The number of alkyl halides is 2. The third-order valence-corrected chi connectivity index (χ3v) is 3.46. The van der Waals surface area contributed by atoms with Crippen LogP contribution in [0.3, 0.4) is 0 Å². The normalized spacial score (nSPS) is 16.0. The van der Waals surface area contributed by atoms with Crippen LogP contribution in [-0.4, -0.2) is 56.5 Å². The number of nitrogens with zero attached hydrogens (tertiary/aromatic N) is 1. The van der Waals surface area contributed by atoms with Crippen LogP contribution in [0.5, 0.6) is 0 Å². The number of nitrogens with one attached hydrogen (secondary N) is 2. The topological polar surface area (TPSA) is 114 Å². The highest BCUT2D eigenvalue weighted by Gasteiger charge is 2.25. The lowest BCUT2D eigenvalue weighted by Crippen LogP contribution is -2.51. The summed E-state index contributed by atoms with van der Waals surface area (Å²) in [5.41, 5.74) is 6.02. The zero-order valence-electron chi connectivity index (χ0n) is 13.2. The van der Waals surface area contributed by atoms with Crippen LogP contribution in [0.25, 0.3) is 0 Å². The molecule has 1 fully saturated rings. The van der Waals surface area contributed by atoms with Crippen LogP contribution in [0.2, 0.25) is 0 Å². The molecule has 1 aromatic carbocycles. The summed E-state index contributed by atoms with van der Waals surface area (Å²) < 4.78 is 29.5. The van der Waals surface area contributed by atoms with Crippen LogP contribution >= 0.6 is 0 Å². The summed E-state index contributed by atoms with van der Waals surface area (Å²) in [6.07, 6.45) is -2.72. The summed E-state index contributed by atoms with van der Waals surface area (Å²) in [4.78, 5) is 36.5. The van der Waals surface area contributed by atoms with Crippen molar-refractivity contribution in [1.82, 2.24) is 5.32 Å². The van der Waals surface area contributed by atoms with Gasteiger partial charge in [0.2, 0.25) is 5.91 Å². The third kappa shape index (κ3) is 5.19. The van der Waals surface area contributed by atoms with Gasteiger partial charge in [-0.2, -0.15) is 0 Å². The molecule has 0 aliphatic carbocycles. The average Bonchev–Trinajstić information content (AvgIpc) is 2.56. The first-order valence-corrected chi connectivity index (χ1v) is 7.48.